The minimum atomic E-state index is 0.894. The zero-order valence-corrected chi connectivity index (χ0v) is 9.00. The van der Waals surface area contributed by atoms with E-state index in [1.54, 1.807) is 11.3 Å². The van der Waals surface area contributed by atoms with Crippen LogP contribution in [0.15, 0.2) is 6.08 Å². The number of hydrogen-bond acceptors (Lipinski definition) is 2. The summed E-state index contributed by atoms with van der Waals surface area (Å²) in [6.45, 7) is 4.13. The molecule has 0 aliphatic heterocycles. The number of allylic oxidation sites excluding steroid dienone is 1. The third-order valence-electron chi connectivity index (χ3n) is 1.39. The van der Waals surface area contributed by atoms with E-state index < -0.39 is 0 Å². The number of nitrogens with zero attached hydrogens (tertiary/aromatic N) is 1. The highest BCUT2D eigenvalue weighted by Crippen LogP contribution is 2.17. The van der Waals surface area contributed by atoms with Gasteiger partial charge in [0.25, 0.3) is 0 Å². The normalized spacial score (nSPS) is 11.2. The van der Waals surface area contributed by atoms with Gasteiger partial charge in [0.15, 0.2) is 0 Å². The molecule has 1 aromatic rings. The van der Waals surface area contributed by atoms with Gasteiger partial charge in [-0.2, -0.15) is 0 Å². The molecule has 11 heavy (non-hydrogen) atoms. The second-order valence-electron chi connectivity index (χ2n) is 2.25. The lowest BCUT2D eigenvalue weighted by Crippen LogP contribution is -1.72. The molecule has 0 atom stereocenters. The van der Waals surface area contributed by atoms with Gasteiger partial charge >= 0.3 is 0 Å². The topological polar surface area (TPSA) is 12.9 Å². The highest BCUT2D eigenvalue weighted by Gasteiger charge is 1.98. The van der Waals surface area contributed by atoms with Crippen LogP contribution in [0.5, 0.6) is 0 Å². The number of alkyl halides is 1. The molecule has 0 aromatic carbocycles. The summed E-state index contributed by atoms with van der Waals surface area (Å²) in [4.78, 5) is 5.66. The number of thiazole rings is 1. The van der Waals surface area contributed by atoms with Gasteiger partial charge in [-0.25, -0.2) is 4.98 Å². The lowest BCUT2D eigenvalue weighted by Gasteiger charge is -1.78. The van der Waals surface area contributed by atoms with E-state index in [-0.39, 0.29) is 0 Å². The van der Waals surface area contributed by atoms with E-state index in [4.69, 9.17) is 0 Å². The number of rotatable bonds is 2. The van der Waals surface area contributed by atoms with Crippen molar-refractivity contribution < 1.29 is 0 Å². The lowest BCUT2D eigenvalue weighted by molar-refractivity contribution is 1.22. The number of aromatic nitrogens is 1. The zero-order valence-electron chi connectivity index (χ0n) is 6.60. The molecule has 0 radical (unpaired) electrons. The highest BCUT2D eigenvalue weighted by molar-refractivity contribution is 9.09. The smallest absolute Gasteiger partial charge is 0.116 e. The molecule has 1 nitrogen and oxygen atoms in total. The van der Waals surface area contributed by atoms with Gasteiger partial charge in [-0.3, -0.25) is 0 Å². The Morgan fingerprint density at radius 2 is 2.27 bits per heavy atom. The maximum atomic E-state index is 4.36. The molecule has 0 unspecified atom stereocenters. The lowest BCUT2D eigenvalue weighted by atomic mass is 10.4. The van der Waals surface area contributed by atoms with Crippen LogP contribution in [0.25, 0.3) is 6.08 Å². The van der Waals surface area contributed by atoms with Gasteiger partial charge in [0.2, 0.25) is 0 Å². The standard InChI is InChI=1S/C8H10BrNS/c1-6-7(2)11-8(10-6)4-3-5-9/h3-4H,5H2,1-2H3. The van der Waals surface area contributed by atoms with E-state index in [1.807, 2.05) is 13.0 Å². The van der Waals surface area contributed by atoms with Gasteiger partial charge in [-0.05, 0) is 19.9 Å². The molecule has 0 aliphatic rings. The average Bonchev–Trinajstić information content (AvgIpc) is 2.28. The van der Waals surface area contributed by atoms with E-state index in [9.17, 15) is 0 Å². The summed E-state index contributed by atoms with van der Waals surface area (Å²) in [6.07, 6.45) is 4.09. The summed E-state index contributed by atoms with van der Waals surface area (Å²) in [5.41, 5.74) is 1.14. The summed E-state index contributed by atoms with van der Waals surface area (Å²) >= 11 is 5.06. The summed E-state index contributed by atoms with van der Waals surface area (Å²) in [5, 5.41) is 1.99. The van der Waals surface area contributed by atoms with E-state index in [0.717, 1.165) is 16.0 Å². The van der Waals surface area contributed by atoms with Crippen LogP contribution in [0, 0.1) is 13.8 Å². The van der Waals surface area contributed by atoms with E-state index in [2.05, 4.69) is 33.9 Å². The Bertz CT molecular complexity index is 246. The summed E-state index contributed by atoms with van der Waals surface area (Å²) in [5.74, 6) is 0. The van der Waals surface area contributed by atoms with Gasteiger partial charge in [0, 0.05) is 10.2 Å². The molecule has 1 aromatic heterocycles. The number of halogens is 1. The van der Waals surface area contributed by atoms with Crippen molar-refractivity contribution in [3.05, 3.63) is 21.7 Å². The quantitative estimate of drug-likeness (QED) is 0.713. The SMILES string of the molecule is Cc1nc(C=CCBr)sc1C. The van der Waals surface area contributed by atoms with Crippen molar-refractivity contribution >= 4 is 33.3 Å². The van der Waals surface area contributed by atoms with Crippen molar-refractivity contribution in [3.8, 4) is 0 Å². The van der Waals surface area contributed by atoms with Crippen molar-refractivity contribution in [1.29, 1.82) is 0 Å². The van der Waals surface area contributed by atoms with Crippen molar-refractivity contribution in [2.75, 3.05) is 5.33 Å². The molecule has 3 heteroatoms. The average molecular weight is 232 g/mol. The van der Waals surface area contributed by atoms with E-state index >= 15 is 0 Å². The first-order valence-electron chi connectivity index (χ1n) is 3.40. The summed E-state index contributed by atoms with van der Waals surface area (Å²) in [7, 11) is 0. The van der Waals surface area contributed by atoms with E-state index in [1.165, 1.54) is 4.88 Å². The predicted molar refractivity (Wildman–Crippen MR) is 54.4 cm³/mol. The minimum Gasteiger partial charge on any atom is -0.242 e. The van der Waals surface area contributed by atoms with Crippen molar-refractivity contribution in [2.24, 2.45) is 0 Å². The van der Waals surface area contributed by atoms with Gasteiger partial charge in [-0.15, -0.1) is 11.3 Å². The molecule has 0 aliphatic carbocycles. The third kappa shape index (κ3) is 2.42. The van der Waals surface area contributed by atoms with Gasteiger partial charge in [-0.1, -0.05) is 22.0 Å². The molecule has 0 N–H and O–H groups in total. The fourth-order valence-electron chi connectivity index (χ4n) is 0.714. The Morgan fingerprint density at radius 1 is 1.55 bits per heavy atom. The second kappa shape index (κ2) is 4.02. The van der Waals surface area contributed by atoms with Gasteiger partial charge in [0.05, 0.1) is 5.69 Å². The molecule has 0 amide bonds. The molecule has 60 valence electrons. The maximum Gasteiger partial charge on any atom is 0.116 e. The van der Waals surface area contributed by atoms with Crippen molar-refractivity contribution in [1.82, 2.24) is 4.98 Å². The van der Waals surface area contributed by atoms with Crippen LogP contribution < -0.4 is 0 Å². The summed E-state index contributed by atoms with van der Waals surface area (Å²) in [6, 6.07) is 0. The Kier molecular flexibility index (Phi) is 3.27. The molecular weight excluding hydrogens is 222 g/mol. The Balaban J connectivity index is 2.80. The fourth-order valence-corrected chi connectivity index (χ4v) is 1.75. The molecular formula is C8H10BrNS. The van der Waals surface area contributed by atoms with Crippen LogP contribution in [-0.4, -0.2) is 10.3 Å². The van der Waals surface area contributed by atoms with Crippen LogP contribution in [0.1, 0.15) is 15.6 Å². The highest BCUT2D eigenvalue weighted by atomic mass is 79.9. The maximum absolute atomic E-state index is 4.36. The van der Waals surface area contributed by atoms with Gasteiger partial charge in [0.1, 0.15) is 5.01 Å². The van der Waals surface area contributed by atoms with E-state index in [0.29, 0.717) is 0 Å². The second-order valence-corrected chi connectivity index (χ2v) is 4.13. The minimum absolute atomic E-state index is 0.894. The van der Waals surface area contributed by atoms with Crippen molar-refractivity contribution in [2.45, 2.75) is 13.8 Å². The Hall–Kier alpha value is -0.150. The number of aryl methyl sites for hydroxylation is 2. The molecule has 0 saturated heterocycles. The predicted octanol–water partition coefficient (Wildman–Crippen LogP) is 3.17. The zero-order chi connectivity index (χ0) is 8.27. The number of hydrogen-bond donors (Lipinski definition) is 0. The van der Waals surface area contributed by atoms with Crippen LogP contribution in [0.4, 0.5) is 0 Å². The Morgan fingerprint density at radius 3 is 2.73 bits per heavy atom. The fraction of sp³-hybridized carbons (Fsp3) is 0.375. The monoisotopic (exact) mass is 231 g/mol. The third-order valence-corrected chi connectivity index (χ3v) is 2.81. The van der Waals surface area contributed by atoms with Crippen molar-refractivity contribution in [3.63, 3.8) is 0 Å². The molecule has 0 saturated carbocycles. The van der Waals surface area contributed by atoms with Crippen LogP contribution in [-0.2, 0) is 0 Å². The summed E-state index contributed by atoms with van der Waals surface area (Å²) < 4.78 is 0. The first-order chi connectivity index (χ1) is 5.24. The van der Waals surface area contributed by atoms with Crippen LogP contribution >= 0.6 is 27.3 Å². The first-order valence-corrected chi connectivity index (χ1v) is 5.34. The molecule has 0 spiro atoms. The van der Waals surface area contributed by atoms with Crippen LogP contribution in [0.3, 0.4) is 0 Å². The first kappa shape index (κ1) is 8.94. The molecule has 1 heterocycles. The molecule has 0 bridgehead atoms. The molecule has 0 fully saturated rings. The Labute approximate surface area is 79.3 Å². The van der Waals surface area contributed by atoms with Gasteiger partial charge < -0.3 is 0 Å². The van der Waals surface area contributed by atoms with Crippen LogP contribution in [0.2, 0.25) is 0 Å². The largest absolute Gasteiger partial charge is 0.242 e. The molecule has 1 rings (SSSR count).